The van der Waals surface area contributed by atoms with Gasteiger partial charge in [0.05, 0.1) is 33.5 Å². The molecule has 2 aromatic carbocycles. The predicted octanol–water partition coefficient (Wildman–Crippen LogP) is 4.54. The standard InChI is InChI=1S/C23H26N2O5S/c1-4-29-16-9-7-15(8-10-16)22(26)25(14-17-6-5-13-30-17)23-24-20-18(27-2)11-12-19(28-3)21(20)31-23/h7-12,17H,4-6,13-14H2,1-3H3. The zero-order valence-electron chi connectivity index (χ0n) is 17.9. The summed E-state index contributed by atoms with van der Waals surface area (Å²) in [5, 5.41) is 0.590. The number of rotatable bonds is 8. The molecule has 31 heavy (non-hydrogen) atoms. The summed E-state index contributed by atoms with van der Waals surface area (Å²) in [6, 6.07) is 10.9. The highest BCUT2D eigenvalue weighted by Gasteiger charge is 2.28. The lowest BCUT2D eigenvalue weighted by atomic mass is 10.1. The predicted molar refractivity (Wildman–Crippen MR) is 121 cm³/mol. The average Bonchev–Trinajstić information content (AvgIpc) is 3.47. The third-order valence-electron chi connectivity index (χ3n) is 5.20. The summed E-state index contributed by atoms with van der Waals surface area (Å²) in [5.41, 5.74) is 1.25. The van der Waals surface area contributed by atoms with Crippen LogP contribution in [0.4, 0.5) is 5.13 Å². The molecule has 0 radical (unpaired) electrons. The zero-order chi connectivity index (χ0) is 21.8. The number of fused-ring (bicyclic) bond motifs is 1. The summed E-state index contributed by atoms with van der Waals surface area (Å²) >= 11 is 1.41. The smallest absolute Gasteiger partial charge is 0.260 e. The van der Waals surface area contributed by atoms with E-state index in [0.29, 0.717) is 40.9 Å². The Kier molecular flexibility index (Phi) is 6.58. The summed E-state index contributed by atoms with van der Waals surface area (Å²) in [5.74, 6) is 1.95. The molecular weight excluding hydrogens is 416 g/mol. The Bertz CT molecular complexity index is 1000. The largest absolute Gasteiger partial charge is 0.495 e. The van der Waals surface area contributed by atoms with E-state index in [4.69, 9.17) is 23.9 Å². The number of carbonyl (C=O) groups is 1. The van der Waals surface area contributed by atoms with E-state index in [1.54, 1.807) is 31.3 Å². The van der Waals surface area contributed by atoms with Crippen LogP contribution >= 0.6 is 11.3 Å². The maximum Gasteiger partial charge on any atom is 0.260 e. The lowest BCUT2D eigenvalue weighted by Gasteiger charge is -2.23. The number of hydrogen-bond acceptors (Lipinski definition) is 7. The van der Waals surface area contributed by atoms with E-state index in [2.05, 4.69) is 0 Å². The molecule has 1 aromatic heterocycles. The fraction of sp³-hybridized carbons (Fsp3) is 0.391. The summed E-state index contributed by atoms with van der Waals surface area (Å²) in [4.78, 5) is 20.0. The molecule has 1 saturated heterocycles. The molecule has 8 heteroatoms. The number of aromatic nitrogens is 1. The average molecular weight is 443 g/mol. The SMILES string of the molecule is CCOc1ccc(C(=O)N(CC2CCCO2)c2nc3c(OC)ccc(OC)c3s2)cc1. The molecule has 1 atom stereocenters. The van der Waals surface area contributed by atoms with Gasteiger partial charge in [-0.05, 0) is 56.2 Å². The van der Waals surface area contributed by atoms with Crippen LogP contribution in [0.2, 0.25) is 0 Å². The van der Waals surface area contributed by atoms with Gasteiger partial charge < -0.3 is 18.9 Å². The summed E-state index contributed by atoms with van der Waals surface area (Å²) in [6.07, 6.45) is 1.91. The fourth-order valence-electron chi connectivity index (χ4n) is 3.65. The first-order chi connectivity index (χ1) is 15.1. The third-order valence-corrected chi connectivity index (χ3v) is 6.29. The molecule has 1 aliphatic rings. The molecule has 0 spiro atoms. The number of hydrogen-bond donors (Lipinski definition) is 0. The van der Waals surface area contributed by atoms with Crippen molar-refractivity contribution in [1.82, 2.24) is 4.98 Å². The van der Waals surface area contributed by atoms with Gasteiger partial charge in [-0.25, -0.2) is 4.98 Å². The summed E-state index contributed by atoms with van der Waals surface area (Å²) in [6.45, 7) is 3.67. The normalized spacial score (nSPS) is 15.8. The van der Waals surface area contributed by atoms with Crippen LogP contribution in [0, 0.1) is 0 Å². The molecule has 0 N–H and O–H groups in total. The van der Waals surface area contributed by atoms with Crippen molar-refractivity contribution in [2.45, 2.75) is 25.9 Å². The minimum atomic E-state index is -0.129. The topological polar surface area (TPSA) is 70.1 Å². The first-order valence-electron chi connectivity index (χ1n) is 10.3. The molecule has 1 aliphatic heterocycles. The highest BCUT2D eigenvalue weighted by atomic mass is 32.1. The van der Waals surface area contributed by atoms with Crippen LogP contribution in [-0.2, 0) is 4.74 Å². The van der Waals surface area contributed by atoms with Gasteiger partial charge in [-0.1, -0.05) is 11.3 Å². The van der Waals surface area contributed by atoms with Gasteiger partial charge in [0.25, 0.3) is 5.91 Å². The van der Waals surface area contributed by atoms with Crippen LogP contribution in [0.15, 0.2) is 36.4 Å². The molecule has 3 aromatic rings. The van der Waals surface area contributed by atoms with Crippen LogP contribution < -0.4 is 19.1 Å². The maximum absolute atomic E-state index is 13.5. The van der Waals surface area contributed by atoms with E-state index < -0.39 is 0 Å². The van der Waals surface area contributed by atoms with Crippen LogP contribution in [0.5, 0.6) is 17.2 Å². The molecule has 1 unspecified atom stereocenters. The van der Waals surface area contributed by atoms with Crippen molar-refractivity contribution in [3.8, 4) is 17.2 Å². The van der Waals surface area contributed by atoms with E-state index in [1.807, 2.05) is 31.2 Å². The first-order valence-corrected chi connectivity index (χ1v) is 11.1. The molecule has 2 heterocycles. The van der Waals surface area contributed by atoms with E-state index in [9.17, 15) is 4.79 Å². The van der Waals surface area contributed by atoms with Gasteiger partial charge in [0.1, 0.15) is 27.5 Å². The second-order valence-electron chi connectivity index (χ2n) is 7.15. The number of ether oxygens (including phenoxy) is 4. The second kappa shape index (κ2) is 9.53. The molecule has 7 nitrogen and oxygen atoms in total. The van der Waals surface area contributed by atoms with Crippen LogP contribution in [-0.4, -0.2) is 51.0 Å². The van der Waals surface area contributed by atoms with Crippen molar-refractivity contribution in [3.05, 3.63) is 42.0 Å². The molecule has 0 saturated carbocycles. The van der Waals surface area contributed by atoms with Gasteiger partial charge in [0.15, 0.2) is 5.13 Å². The minimum absolute atomic E-state index is 0.0116. The Hall–Kier alpha value is -2.84. The first kappa shape index (κ1) is 21.4. The molecular formula is C23H26N2O5S. The summed E-state index contributed by atoms with van der Waals surface area (Å²) < 4.78 is 23.2. The minimum Gasteiger partial charge on any atom is -0.495 e. The van der Waals surface area contributed by atoms with Crippen molar-refractivity contribution in [3.63, 3.8) is 0 Å². The molecule has 4 rings (SSSR count). The van der Waals surface area contributed by atoms with E-state index in [1.165, 1.54) is 11.3 Å². The van der Waals surface area contributed by atoms with Gasteiger partial charge in [0.2, 0.25) is 0 Å². The Morgan fingerprint density at radius 2 is 1.90 bits per heavy atom. The lowest BCUT2D eigenvalue weighted by molar-refractivity contribution is 0.0917. The van der Waals surface area contributed by atoms with Crippen LogP contribution in [0.1, 0.15) is 30.1 Å². The summed E-state index contributed by atoms with van der Waals surface area (Å²) in [7, 11) is 3.23. The third kappa shape index (κ3) is 4.45. The maximum atomic E-state index is 13.5. The number of thiazole rings is 1. The number of amides is 1. The quantitative estimate of drug-likeness (QED) is 0.510. The van der Waals surface area contributed by atoms with Gasteiger partial charge >= 0.3 is 0 Å². The van der Waals surface area contributed by atoms with Crippen molar-refractivity contribution in [2.24, 2.45) is 0 Å². The van der Waals surface area contributed by atoms with Crippen molar-refractivity contribution in [1.29, 1.82) is 0 Å². The fourth-order valence-corrected chi connectivity index (χ4v) is 4.73. The second-order valence-corrected chi connectivity index (χ2v) is 8.13. The van der Waals surface area contributed by atoms with Gasteiger partial charge in [-0.2, -0.15) is 0 Å². The highest BCUT2D eigenvalue weighted by Crippen LogP contribution is 2.40. The van der Waals surface area contributed by atoms with Gasteiger partial charge in [0, 0.05) is 12.2 Å². The zero-order valence-corrected chi connectivity index (χ0v) is 18.7. The molecule has 0 bridgehead atoms. The van der Waals surface area contributed by atoms with E-state index >= 15 is 0 Å². The number of anilines is 1. The van der Waals surface area contributed by atoms with Gasteiger partial charge in [-0.15, -0.1) is 0 Å². The highest BCUT2D eigenvalue weighted by molar-refractivity contribution is 7.22. The van der Waals surface area contributed by atoms with Crippen LogP contribution in [0.25, 0.3) is 10.2 Å². The van der Waals surface area contributed by atoms with Crippen molar-refractivity contribution in [2.75, 3.05) is 38.9 Å². The Morgan fingerprint density at radius 3 is 2.55 bits per heavy atom. The number of nitrogens with zero attached hydrogens (tertiary/aromatic N) is 2. The van der Waals surface area contributed by atoms with Crippen molar-refractivity contribution < 1.29 is 23.7 Å². The number of methoxy groups -OCH3 is 2. The Balaban J connectivity index is 1.73. The molecule has 1 amide bonds. The lowest BCUT2D eigenvalue weighted by Crippen LogP contribution is -2.37. The number of benzene rings is 2. The molecule has 0 aliphatic carbocycles. The number of carbonyl (C=O) groups excluding carboxylic acids is 1. The molecule has 164 valence electrons. The van der Waals surface area contributed by atoms with Gasteiger partial charge in [-0.3, -0.25) is 9.69 Å². The van der Waals surface area contributed by atoms with Crippen molar-refractivity contribution >= 4 is 32.6 Å². The Morgan fingerprint density at radius 1 is 1.16 bits per heavy atom. The monoisotopic (exact) mass is 442 g/mol. The Labute approximate surface area is 185 Å². The van der Waals surface area contributed by atoms with E-state index in [0.717, 1.165) is 29.9 Å². The van der Waals surface area contributed by atoms with Crippen LogP contribution in [0.3, 0.4) is 0 Å². The van der Waals surface area contributed by atoms with E-state index in [-0.39, 0.29) is 12.0 Å². The molecule has 1 fully saturated rings.